The first-order valence-corrected chi connectivity index (χ1v) is 6.24. The van der Waals surface area contributed by atoms with Crippen molar-refractivity contribution >= 4 is 17.4 Å². The molecule has 3 rings (SSSR count). The van der Waals surface area contributed by atoms with Crippen molar-refractivity contribution in [2.45, 2.75) is 6.04 Å². The second-order valence-corrected chi connectivity index (χ2v) is 4.58. The van der Waals surface area contributed by atoms with Gasteiger partial charge in [-0.1, -0.05) is 0 Å². The van der Waals surface area contributed by atoms with E-state index in [1.165, 1.54) is 0 Å². The van der Waals surface area contributed by atoms with Gasteiger partial charge >= 0.3 is 0 Å². The van der Waals surface area contributed by atoms with Gasteiger partial charge in [-0.05, 0) is 12.1 Å². The molecule has 0 spiro atoms. The standard InChI is InChI=1S/C12H17N5O/c1-13-12(18)9-2-3-10-11(16-9)15-7-8-6-14-4-5-17(8)10/h2-3,8,14H,4-7H2,1H3,(H,13,18)(H,15,16)/t8-/m1/s1. The zero-order valence-electron chi connectivity index (χ0n) is 10.4. The molecule has 0 radical (unpaired) electrons. The van der Waals surface area contributed by atoms with Gasteiger partial charge in [-0.2, -0.15) is 0 Å². The smallest absolute Gasteiger partial charge is 0.269 e. The fourth-order valence-corrected chi connectivity index (χ4v) is 2.54. The highest BCUT2D eigenvalue weighted by atomic mass is 16.1. The van der Waals surface area contributed by atoms with E-state index in [1.807, 2.05) is 6.07 Å². The van der Waals surface area contributed by atoms with E-state index < -0.39 is 0 Å². The molecule has 6 heteroatoms. The Bertz CT molecular complexity index is 476. The molecule has 0 bridgehead atoms. The number of piperazine rings is 1. The van der Waals surface area contributed by atoms with Crippen LogP contribution in [-0.4, -0.2) is 50.2 Å². The SMILES string of the molecule is CNC(=O)c1ccc2c(n1)NC[C@H]1CNCCN21. The second kappa shape index (κ2) is 4.45. The zero-order valence-corrected chi connectivity index (χ0v) is 10.4. The van der Waals surface area contributed by atoms with Gasteiger partial charge < -0.3 is 20.9 Å². The number of aromatic nitrogens is 1. The van der Waals surface area contributed by atoms with E-state index in [0.29, 0.717) is 11.7 Å². The van der Waals surface area contributed by atoms with E-state index in [9.17, 15) is 4.79 Å². The maximum absolute atomic E-state index is 11.6. The number of hydrogen-bond acceptors (Lipinski definition) is 5. The molecule has 1 amide bonds. The van der Waals surface area contributed by atoms with Crippen LogP contribution in [0.4, 0.5) is 11.5 Å². The maximum atomic E-state index is 11.6. The number of rotatable bonds is 1. The number of nitrogens with zero attached hydrogens (tertiary/aromatic N) is 2. The van der Waals surface area contributed by atoms with Crippen molar-refractivity contribution in [1.82, 2.24) is 15.6 Å². The Morgan fingerprint density at radius 3 is 3.22 bits per heavy atom. The van der Waals surface area contributed by atoms with Crippen LogP contribution in [0.1, 0.15) is 10.5 Å². The number of anilines is 2. The summed E-state index contributed by atoms with van der Waals surface area (Å²) >= 11 is 0. The third-order valence-corrected chi connectivity index (χ3v) is 3.50. The van der Waals surface area contributed by atoms with Crippen LogP contribution in [0.25, 0.3) is 0 Å². The van der Waals surface area contributed by atoms with E-state index in [2.05, 4.69) is 25.8 Å². The molecular formula is C12H17N5O. The van der Waals surface area contributed by atoms with Crippen LogP contribution in [0.2, 0.25) is 0 Å². The molecule has 1 fully saturated rings. The molecule has 1 aromatic heterocycles. The number of nitrogens with one attached hydrogen (secondary N) is 3. The Morgan fingerprint density at radius 1 is 1.50 bits per heavy atom. The first-order chi connectivity index (χ1) is 8.79. The summed E-state index contributed by atoms with van der Waals surface area (Å²) in [4.78, 5) is 18.3. The quantitative estimate of drug-likeness (QED) is 0.632. The summed E-state index contributed by atoms with van der Waals surface area (Å²) in [5.74, 6) is 0.663. The predicted molar refractivity (Wildman–Crippen MR) is 70.1 cm³/mol. The van der Waals surface area contributed by atoms with Crippen molar-refractivity contribution < 1.29 is 4.79 Å². The second-order valence-electron chi connectivity index (χ2n) is 4.58. The molecule has 0 unspecified atom stereocenters. The molecule has 18 heavy (non-hydrogen) atoms. The lowest BCUT2D eigenvalue weighted by Gasteiger charge is -2.42. The van der Waals surface area contributed by atoms with Gasteiger partial charge in [0.1, 0.15) is 5.69 Å². The first-order valence-electron chi connectivity index (χ1n) is 6.24. The fraction of sp³-hybridized carbons (Fsp3) is 0.500. The summed E-state index contributed by atoms with van der Waals surface area (Å²) in [6.45, 7) is 3.83. The summed E-state index contributed by atoms with van der Waals surface area (Å²) < 4.78 is 0. The number of hydrogen-bond donors (Lipinski definition) is 3. The highest BCUT2D eigenvalue weighted by Crippen LogP contribution is 2.30. The van der Waals surface area contributed by atoms with E-state index in [1.54, 1.807) is 13.1 Å². The molecule has 0 saturated carbocycles. The van der Waals surface area contributed by atoms with Crippen molar-refractivity contribution in [3.8, 4) is 0 Å². The van der Waals surface area contributed by atoms with Gasteiger partial charge in [-0.3, -0.25) is 4.79 Å². The number of pyridine rings is 1. The van der Waals surface area contributed by atoms with Crippen LogP contribution >= 0.6 is 0 Å². The minimum atomic E-state index is -0.151. The molecule has 96 valence electrons. The maximum Gasteiger partial charge on any atom is 0.269 e. The Labute approximate surface area is 106 Å². The Morgan fingerprint density at radius 2 is 2.39 bits per heavy atom. The van der Waals surface area contributed by atoms with Gasteiger partial charge in [0.15, 0.2) is 5.82 Å². The van der Waals surface area contributed by atoms with Crippen LogP contribution < -0.4 is 20.9 Å². The summed E-state index contributed by atoms with van der Waals surface area (Å²) in [5.41, 5.74) is 1.55. The zero-order chi connectivity index (χ0) is 12.5. The number of carbonyl (C=O) groups excluding carboxylic acids is 1. The average Bonchev–Trinajstić information content (AvgIpc) is 2.45. The normalized spacial score (nSPS) is 21.6. The Kier molecular flexibility index (Phi) is 2.79. The highest BCUT2D eigenvalue weighted by molar-refractivity contribution is 5.93. The van der Waals surface area contributed by atoms with Crippen LogP contribution in [0.3, 0.4) is 0 Å². The van der Waals surface area contributed by atoms with Gasteiger partial charge in [-0.25, -0.2) is 4.98 Å². The largest absolute Gasteiger partial charge is 0.366 e. The Balaban J connectivity index is 1.93. The molecule has 0 aromatic carbocycles. The summed E-state index contributed by atoms with van der Waals surface area (Å²) in [6, 6.07) is 4.24. The van der Waals surface area contributed by atoms with Crippen LogP contribution in [0.15, 0.2) is 12.1 Å². The molecule has 3 N–H and O–H groups in total. The van der Waals surface area contributed by atoms with Crippen LogP contribution in [0, 0.1) is 0 Å². The van der Waals surface area contributed by atoms with Crippen molar-refractivity contribution in [3.63, 3.8) is 0 Å². The lowest BCUT2D eigenvalue weighted by Crippen LogP contribution is -2.56. The minimum absolute atomic E-state index is 0.151. The summed E-state index contributed by atoms with van der Waals surface area (Å²) in [5, 5.41) is 9.29. The minimum Gasteiger partial charge on any atom is -0.366 e. The van der Waals surface area contributed by atoms with E-state index >= 15 is 0 Å². The van der Waals surface area contributed by atoms with Crippen LogP contribution in [0.5, 0.6) is 0 Å². The molecule has 3 heterocycles. The first kappa shape index (κ1) is 11.3. The molecule has 1 atom stereocenters. The van der Waals surface area contributed by atoms with Gasteiger partial charge in [0.25, 0.3) is 5.91 Å². The van der Waals surface area contributed by atoms with Gasteiger partial charge in [0.05, 0.1) is 11.7 Å². The molecule has 0 aliphatic carbocycles. The van der Waals surface area contributed by atoms with Crippen molar-refractivity contribution in [3.05, 3.63) is 17.8 Å². The highest BCUT2D eigenvalue weighted by Gasteiger charge is 2.29. The summed E-state index contributed by atoms with van der Waals surface area (Å²) in [6.07, 6.45) is 0. The van der Waals surface area contributed by atoms with Crippen molar-refractivity contribution in [2.75, 3.05) is 43.4 Å². The molecule has 1 saturated heterocycles. The molecule has 6 nitrogen and oxygen atoms in total. The lowest BCUT2D eigenvalue weighted by molar-refractivity contribution is 0.0958. The van der Waals surface area contributed by atoms with Gasteiger partial charge in [0, 0.05) is 33.2 Å². The monoisotopic (exact) mass is 247 g/mol. The molecule has 2 aliphatic rings. The third-order valence-electron chi connectivity index (χ3n) is 3.50. The lowest BCUT2D eigenvalue weighted by atomic mass is 10.1. The van der Waals surface area contributed by atoms with Gasteiger partial charge in [-0.15, -0.1) is 0 Å². The summed E-state index contributed by atoms with van der Waals surface area (Å²) in [7, 11) is 1.61. The fourth-order valence-electron chi connectivity index (χ4n) is 2.54. The van der Waals surface area contributed by atoms with E-state index in [0.717, 1.165) is 37.7 Å². The number of amides is 1. The third kappa shape index (κ3) is 1.78. The van der Waals surface area contributed by atoms with Crippen molar-refractivity contribution in [2.24, 2.45) is 0 Å². The average molecular weight is 247 g/mol. The van der Waals surface area contributed by atoms with Crippen molar-refractivity contribution in [1.29, 1.82) is 0 Å². The molecule has 2 aliphatic heterocycles. The predicted octanol–water partition coefficient (Wildman–Crippen LogP) is -0.355. The van der Waals surface area contributed by atoms with Gasteiger partial charge in [0.2, 0.25) is 0 Å². The topological polar surface area (TPSA) is 69.3 Å². The molecule has 1 aromatic rings. The Hall–Kier alpha value is -1.82. The van der Waals surface area contributed by atoms with Crippen LogP contribution in [-0.2, 0) is 0 Å². The van der Waals surface area contributed by atoms with E-state index in [4.69, 9.17) is 0 Å². The number of carbonyl (C=O) groups is 1. The molecular weight excluding hydrogens is 230 g/mol. The number of fused-ring (bicyclic) bond motifs is 3. The van der Waals surface area contributed by atoms with E-state index in [-0.39, 0.29) is 5.91 Å².